The quantitative estimate of drug-likeness (QED) is 0.583. The highest BCUT2D eigenvalue weighted by Crippen LogP contribution is 2.38. The number of benzene rings is 1. The van der Waals surface area contributed by atoms with Crippen LogP contribution in [0.15, 0.2) is 23.1 Å². The van der Waals surface area contributed by atoms with Gasteiger partial charge in [-0.15, -0.1) is 0 Å². The van der Waals surface area contributed by atoms with Crippen molar-refractivity contribution in [2.75, 3.05) is 31.6 Å². The summed E-state index contributed by atoms with van der Waals surface area (Å²) in [5.74, 6) is 0. The van der Waals surface area contributed by atoms with Crippen LogP contribution in [0.2, 0.25) is 0 Å². The van der Waals surface area contributed by atoms with Crippen molar-refractivity contribution >= 4 is 21.4 Å². The first kappa shape index (κ1) is 19.0. The molecule has 1 saturated heterocycles. The topological polar surface area (TPSA) is 128 Å². The first-order valence-electron chi connectivity index (χ1n) is 8.74. The number of hydrogen-bond acceptors (Lipinski definition) is 7. The molecule has 3 N–H and O–H groups in total. The van der Waals surface area contributed by atoms with Gasteiger partial charge in [0.2, 0.25) is 10.0 Å². The van der Waals surface area contributed by atoms with Gasteiger partial charge >= 0.3 is 0 Å². The molecule has 1 aromatic rings. The number of ether oxygens (including phenoxy) is 1. The lowest BCUT2D eigenvalue weighted by Gasteiger charge is -2.48. The lowest BCUT2D eigenvalue weighted by molar-refractivity contribution is -0.384. The van der Waals surface area contributed by atoms with Crippen molar-refractivity contribution in [2.24, 2.45) is 5.14 Å². The van der Waals surface area contributed by atoms with Crippen molar-refractivity contribution < 1.29 is 18.1 Å². The van der Waals surface area contributed by atoms with Crippen LogP contribution in [0.3, 0.4) is 0 Å². The van der Waals surface area contributed by atoms with Gasteiger partial charge in [-0.05, 0) is 37.8 Å². The number of nitrogens with one attached hydrogen (secondary N) is 1. The zero-order chi connectivity index (χ0) is 18.8. The summed E-state index contributed by atoms with van der Waals surface area (Å²) < 4.78 is 28.5. The second kappa shape index (κ2) is 7.47. The van der Waals surface area contributed by atoms with E-state index in [1.54, 1.807) is 0 Å². The number of morpholine rings is 1. The fraction of sp³-hybridized carbons (Fsp3) is 0.625. The molecule has 3 rings (SSSR count). The Bertz CT molecular complexity index is 771. The Morgan fingerprint density at radius 1 is 1.19 bits per heavy atom. The number of anilines is 1. The Balaban J connectivity index is 1.97. The maximum Gasteiger partial charge on any atom is 0.293 e. The Morgan fingerprint density at radius 2 is 1.85 bits per heavy atom. The third-order valence-electron chi connectivity index (χ3n) is 5.16. The lowest BCUT2D eigenvalue weighted by atomic mass is 9.86. The zero-order valence-corrected chi connectivity index (χ0v) is 15.3. The monoisotopic (exact) mass is 384 g/mol. The van der Waals surface area contributed by atoms with Gasteiger partial charge in [0.1, 0.15) is 5.69 Å². The molecule has 0 spiro atoms. The molecule has 0 aromatic heterocycles. The summed E-state index contributed by atoms with van der Waals surface area (Å²) in [6.45, 7) is 2.79. The molecule has 1 saturated carbocycles. The van der Waals surface area contributed by atoms with Gasteiger partial charge in [0.25, 0.3) is 5.69 Å². The van der Waals surface area contributed by atoms with Gasteiger partial charge < -0.3 is 10.1 Å². The molecule has 0 unspecified atom stereocenters. The van der Waals surface area contributed by atoms with Crippen LogP contribution in [-0.2, 0) is 14.8 Å². The van der Waals surface area contributed by atoms with E-state index in [9.17, 15) is 18.5 Å². The van der Waals surface area contributed by atoms with E-state index in [4.69, 9.17) is 9.88 Å². The maximum absolute atomic E-state index is 11.5. The van der Waals surface area contributed by atoms with E-state index in [2.05, 4.69) is 10.2 Å². The van der Waals surface area contributed by atoms with Gasteiger partial charge in [-0.25, -0.2) is 13.6 Å². The number of nitro benzene ring substituents is 1. The van der Waals surface area contributed by atoms with E-state index < -0.39 is 14.9 Å². The van der Waals surface area contributed by atoms with Crippen LogP contribution in [0.5, 0.6) is 0 Å². The second-order valence-electron chi connectivity index (χ2n) is 6.80. The average molecular weight is 384 g/mol. The number of hydrogen-bond donors (Lipinski definition) is 2. The Kier molecular flexibility index (Phi) is 5.47. The van der Waals surface area contributed by atoms with Crippen molar-refractivity contribution in [3.8, 4) is 0 Å². The molecular formula is C16H24N4O5S. The minimum absolute atomic E-state index is 0.265. The van der Waals surface area contributed by atoms with Crippen molar-refractivity contribution in [2.45, 2.75) is 42.7 Å². The zero-order valence-electron chi connectivity index (χ0n) is 14.5. The second-order valence-corrected chi connectivity index (χ2v) is 8.36. The lowest BCUT2D eigenvalue weighted by Crippen LogP contribution is -2.59. The number of sulfonamides is 1. The standard InChI is InChI=1S/C16H24N4O5S/c17-26(23,24)13-4-5-14(15(12-13)20(21)22)18-16(6-2-1-3-7-16)19-8-10-25-11-9-19/h4-5,12,18H,1-3,6-11H2,(H2,17,23,24). The Morgan fingerprint density at radius 3 is 2.42 bits per heavy atom. The van der Waals surface area contributed by atoms with Crippen molar-refractivity contribution in [3.63, 3.8) is 0 Å². The van der Waals surface area contributed by atoms with Crippen LogP contribution in [0.25, 0.3) is 0 Å². The Hall–Kier alpha value is -1.75. The number of nitrogens with two attached hydrogens (primary N) is 1. The summed E-state index contributed by atoms with van der Waals surface area (Å²) in [5.41, 5.74) is -0.346. The molecule has 0 atom stereocenters. The SMILES string of the molecule is NS(=O)(=O)c1ccc(NC2(N3CCOCC3)CCCCC2)c([N+](=O)[O-])c1. The summed E-state index contributed by atoms with van der Waals surface area (Å²) in [5, 5.41) is 20.0. The molecule has 0 radical (unpaired) electrons. The van der Waals surface area contributed by atoms with Gasteiger partial charge in [0.05, 0.1) is 28.7 Å². The van der Waals surface area contributed by atoms with E-state index in [-0.39, 0.29) is 16.2 Å². The summed E-state index contributed by atoms with van der Waals surface area (Å²) in [4.78, 5) is 13.0. The summed E-state index contributed by atoms with van der Waals surface area (Å²) in [7, 11) is -4.00. The third kappa shape index (κ3) is 3.98. The molecule has 9 nitrogen and oxygen atoms in total. The van der Waals surface area contributed by atoms with Crippen LogP contribution in [0.1, 0.15) is 32.1 Å². The average Bonchev–Trinajstić information content (AvgIpc) is 2.62. The van der Waals surface area contributed by atoms with Gasteiger partial charge in [-0.1, -0.05) is 6.42 Å². The maximum atomic E-state index is 11.5. The van der Waals surface area contributed by atoms with Crippen molar-refractivity contribution in [1.82, 2.24) is 4.90 Å². The van der Waals surface area contributed by atoms with Crippen molar-refractivity contribution in [1.29, 1.82) is 0 Å². The molecular weight excluding hydrogens is 360 g/mol. The van der Waals surface area contributed by atoms with Gasteiger partial charge in [-0.2, -0.15) is 0 Å². The van der Waals surface area contributed by atoms with E-state index in [1.165, 1.54) is 12.1 Å². The predicted molar refractivity (Wildman–Crippen MR) is 96.3 cm³/mol. The highest BCUT2D eigenvalue weighted by Gasteiger charge is 2.40. The van der Waals surface area contributed by atoms with E-state index in [0.29, 0.717) is 18.9 Å². The molecule has 0 bridgehead atoms. The largest absolute Gasteiger partial charge is 0.379 e. The molecule has 2 fully saturated rings. The van der Waals surface area contributed by atoms with E-state index in [1.807, 2.05) is 0 Å². The van der Waals surface area contributed by atoms with Crippen LogP contribution < -0.4 is 10.5 Å². The van der Waals surface area contributed by atoms with Crippen LogP contribution in [-0.4, -0.2) is 50.2 Å². The number of primary sulfonamides is 1. The summed E-state index contributed by atoms with van der Waals surface area (Å²) >= 11 is 0. The Labute approximate surface area is 152 Å². The van der Waals surface area contributed by atoms with Gasteiger partial charge in [0, 0.05) is 19.2 Å². The highest BCUT2D eigenvalue weighted by molar-refractivity contribution is 7.89. The number of nitrogens with zero attached hydrogens (tertiary/aromatic N) is 2. The molecule has 144 valence electrons. The molecule has 1 aliphatic heterocycles. The molecule has 26 heavy (non-hydrogen) atoms. The summed E-state index contributed by atoms with van der Waals surface area (Å²) in [6.07, 6.45) is 4.96. The molecule has 1 aliphatic carbocycles. The van der Waals surface area contributed by atoms with E-state index in [0.717, 1.165) is 51.3 Å². The number of nitro groups is 1. The van der Waals surface area contributed by atoms with Crippen LogP contribution >= 0.6 is 0 Å². The number of rotatable bonds is 5. The molecule has 1 heterocycles. The summed E-state index contributed by atoms with van der Waals surface area (Å²) in [6, 6.07) is 3.77. The van der Waals surface area contributed by atoms with Crippen molar-refractivity contribution in [3.05, 3.63) is 28.3 Å². The first-order valence-corrected chi connectivity index (χ1v) is 10.3. The molecule has 2 aliphatic rings. The van der Waals surface area contributed by atoms with Crippen LogP contribution in [0.4, 0.5) is 11.4 Å². The minimum atomic E-state index is -4.00. The van der Waals surface area contributed by atoms with Crippen LogP contribution in [0, 0.1) is 10.1 Å². The fourth-order valence-corrected chi connectivity index (χ4v) is 4.38. The molecule has 0 amide bonds. The minimum Gasteiger partial charge on any atom is -0.379 e. The molecule has 1 aromatic carbocycles. The highest BCUT2D eigenvalue weighted by atomic mass is 32.2. The van der Waals surface area contributed by atoms with Gasteiger partial charge in [-0.3, -0.25) is 15.0 Å². The normalized spacial score (nSPS) is 21.3. The van der Waals surface area contributed by atoms with E-state index >= 15 is 0 Å². The predicted octanol–water partition coefficient (Wildman–Crippen LogP) is 1.65. The molecule has 10 heteroatoms. The third-order valence-corrected chi connectivity index (χ3v) is 6.07. The fourth-order valence-electron chi connectivity index (χ4n) is 3.84. The first-order chi connectivity index (χ1) is 12.3. The smallest absolute Gasteiger partial charge is 0.293 e. The van der Waals surface area contributed by atoms with Gasteiger partial charge in [0.15, 0.2) is 0 Å².